The third-order valence-electron chi connectivity index (χ3n) is 4.07. The van der Waals surface area contributed by atoms with E-state index in [1.807, 2.05) is 6.07 Å². The van der Waals surface area contributed by atoms with Gasteiger partial charge in [0.2, 0.25) is 0 Å². The second-order valence-electron chi connectivity index (χ2n) is 5.91. The van der Waals surface area contributed by atoms with Crippen molar-refractivity contribution in [2.45, 2.75) is 6.18 Å². The molecule has 3 rings (SSSR count). The summed E-state index contributed by atoms with van der Waals surface area (Å²) < 4.78 is 40.5. The highest BCUT2D eigenvalue weighted by atomic mass is 19.4. The average Bonchev–Trinajstić information content (AvgIpc) is 3.14. The number of aromatic carboxylic acids is 1. The molecular formula is C21H13F3N2O2. The number of aromatic nitrogens is 1. The maximum atomic E-state index is 12.9. The zero-order valence-corrected chi connectivity index (χ0v) is 14.3. The van der Waals surface area contributed by atoms with E-state index in [1.165, 1.54) is 30.3 Å². The quantitative estimate of drug-likeness (QED) is 0.626. The maximum absolute atomic E-state index is 12.9. The molecule has 0 radical (unpaired) electrons. The minimum Gasteiger partial charge on any atom is -0.478 e. The molecule has 2 aromatic carbocycles. The largest absolute Gasteiger partial charge is 0.478 e. The van der Waals surface area contributed by atoms with Gasteiger partial charge in [0.25, 0.3) is 0 Å². The number of carboxylic acids is 1. The Morgan fingerprint density at radius 2 is 1.75 bits per heavy atom. The molecule has 0 aliphatic carbocycles. The van der Waals surface area contributed by atoms with Crippen LogP contribution in [0.4, 0.5) is 13.2 Å². The third kappa shape index (κ3) is 3.96. The smallest absolute Gasteiger partial charge is 0.416 e. The first kappa shape index (κ1) is 19.0. The highest BCUT2D eigenvalue weighted by Crippen LogP contribution is 2.31. The molecule has 0 spiro atoms. The topological polar surface area (TPSA) is 66.0 Å². The van der Waals surface area contributed by atoms with E-state index >= 15 is 0 Å². The number of hydrogen-bond acceptors (Lipinski definition) is 2. The predicted molar refractivity (Wildman–Crippen MR) is 97.7 cm³/mol. The lowest BCUT2D eigenvalue weighted by molar-refractivity contribution is -0.137. The van der Waals surface area contributed by atoms with E-state index in [-0.39, 0.29) is 16.7 Å². The Balaban J connectivity index is 2.05. The van der Waals surface area contributed by atoms with Crippen LogP contribution in [0.1, 0.15) is 27.2 Å². The molecule has 4 nitrogen and oxygen atoms in total. The highest BCUT2D eigenvalue weighted by Gasteiger charge is 2.30. The van der Waals surface area contributed by atoms with Crippen molar-refractivity contribution in [3.63, 3.8) is 0 Å². The van der Waals surface area contributed by atoms with Crippen LogP contribution in [0.15, 0.2) is 66.9 Å². The molecular weight excluding hydrogens is 369 g/mol. The predicted octanol–water partition coefficient (Wildman–Crippen LogP) is 5.26. The minimum atomic E-state index is -4.51. The van der Waals surface area contributed by atoms with Crippen molar-refractivity contribution in [3.8, 4) is 11.8 Å². The Morgan fingerprint density at radius 3 is 2.43 bits per heavy atom. The Morgan fingerprint density at radius 1 is 1.04 bits per heavy atom. The number of nitriles is 1. The van der Waals surface area contributed by atoms with Gasteiger partial charge < -0.3 is 9.67 Å². The number of rotatable bonds is 4. The summed E-state index contributed by atoms with van der Waals surface area (Å²) in [6.45, 7) is 0. The van der Waals surface area contributed by atoms with E-state index in [2.05, 4.69) is 0 Å². The molecule has 1 heterocycles. The van der Waals surface area contributed by atoms with Crippen molar-refractivity contribution in [1.29, 1.82) is 5.26 Å². The van der Waals surface area contributed by atoms with Gasteiger partial charge in [0, 0.05) is 17.6 Å². The van der Waals surface area contributed by atoms with E-state index in [0.29, 0.717) is 11.4 Å². The molecule has 0 bridgehead atoms. The number of benzene rings is 2. The van der Waals surface area contributed by atoms with Crippen molar-refractivity contribution in [1.82, 2.24) is 4.57 Å². The lowest BCUT2D eigenvalue weighted by Gasteiger charge is -2.10. The normalized spacial score (nSPS) is 11.9. The first-order valence-electron chi connectivity index (χ1n) is 8.10. The van der Waals surface area contributed by atoms with Gasteiger partial charge in [-0.1, -0.05) is 18.2 Å². The summed E-state index contributed by atoms with van der Waals surface area (Å²) in [5.41, 5.74) is 0.536. The van der Waals surface area contributed by atoms with Crippen molar-refractivity contribution in [2.24, 2.45) is 0 Å². The Labute approximate surface area is 158 Å². The van der Waals surface area contributed by atoms with E-state index in [9.17, 15) is 23.2 Å². The fourth-order valence-electron chi connectivity index (χ4n) is 2.73. The van der Waals surface area contributed by atoms with Gasteiger partial charge in [0.15, 0.2) is 0 Å². The second-order valence-corrected chi connectivity index (χ2v) is 5.91. The number of halogens is 3. The van der Waals surface area contributed by atoms with Crippen LogP contribution >= 0.6 is 0 Å². The molecule has 28 heavy (non-hydrogen) atoms. The van der Waals surface area contributed by atoms with E-state index < -0.39 is 17.7 Å². The molecule has 140 valence electrons. The first-order chi connectivity index (χ1) is 13.3. The zero-order valence-electron chi connectivity index (χ0n) is 14.3. The van der Waals surface area contributed by atoms with Crippen molar-refractivity contribution in [2.75, 3.05) is 0 Å². The molecule has 1 aromatic heterocycles. The molecule has 0 saturated carbocycles. The number of hydrogen-bond donors (Lipinski definition) is 1. The molecule has 0 aliphatic rings. The lowest BCUT2D eigenvalue weighted by Crippen LogP contribution is -2.05. The summed E-state index contributed by atoms with van der Waals surface area (Å²) in [5.74, 6) is -1.08. The van der Waals surface area contributed by atoms with E-state index in [1.54, 1.807) is 35.0 Å². The molecule has 0 fully saturated rings. The van der Waals surface area contributed by atoms with E-state index in [4.69, 9.17) is 5.11 Å². The monoisotopic (exact) mass is 382 g/mol. The van der Waals surface area contributed by atoms with Gasteiger partial charge >= 0.3 is 12.1 Å². The number of nitrogens with zero attached hydrogens (tertiary/aromatic N) is 2. The molecule has 0 amide bonds. The molecule has 7 heteroatoms. The maximum Gasteiger partial charge on any atom is 0.416 e. The van der Waals surface area contributed by atoms with Gasteiger partial charge in [-0.3, -0.25) is 0 Å². The highest BCUT2D eigenvalue weighted by molar-refractivity contribution is 5.90. The molecule has 3 aromatic rings. The summed E-state index contributed by atoms with van der Waals surface area (Å²) in [6.07, 6.45) is -1.37. The average molecular weight is 382 g/mol. The summed E-state index contributed by atoms with van der Waals surface area (Å²) in [7, 11) is 0. The van der Waals surface area contributed by atoms with Gasteiger partial charge in [-0.25, -0.2) is 4.79 Å². The van der Waals surface area contributed by atoms with E-state index in [0.717, 1.165) is 12.1 Å². The van der Waals surface area contributed by atoms with Crippen LogP contribution in [0.5, 0.6) is 0 Å². The van der Waals surface area contributed by atoms with Gasteiger partial charge in [-0.05, 0) is 54.1 Å². The van der Waals surface area contributed by atoms with Crippen LogP contribution in [0, 0.1) is 11.3 Å². The van der Waals surface area contributed by atoms with Gasteiger partial charge in [-0.2, -0.15) is 18.4 Å². The van der Waals surface area contributed by atoms with Crippen LogP contribution in [0.2, 0.25) is 0 Å². The zero-order chi connectivity index (χ0) is 20.3. The molecule has 0 saturated heterocycles. The first-order valence-corrected chi connectivity index (χ1v) is 8.10. The summed E-state index contributed by atoms with van der Waals surface area (Å²) >= 11 is 0. The Kier molecular flexibility index (Phi) is 5.05. The van der Waals surface area contributed by atoms with Gasteiger partial charge in [0.1, 0.15) is 0 Å². The lowest BCUT2D eigenvalue weighted by atomic mass is 10.0. The molecule has 0 atom stereocenters. The van der Waals surface area contributed by atoms with Crippen molar-refractivity contribution < 1.29 is 23.1 Å². The summed E-state index contributed by atoms with van der Waals surface area (Å²) in [4.78, 5) is 11.2. The Hall–Kier alpha value is -3.79. The Bertz CT molecular complexity index is 1110. The molecule has 1 N–H and O–H groups in total. The van der Waals surface area contributed by atoms with Crippen LogP contribution in [-0.4, -0.2) is 15.6 Å². The molecule has 0 aliphatic heterocycles. The summed E-state index contributed by atoms with van der Waals surface area (Å²) in [5, 5.41) is 18.6. The van der Waals surface area contributed by atoms with Crippen molar-refractivity contribution >= 4 is 17.6 Å². The fraction of sp³-hybridized carbons (Fsp3) is 0.0476. The number of alkyl halides is 3. The van der Waals surface area contributed by atoms with Crippen LogP contribution < -0.4 is 0 Å². The minimum absolute atomic E-state index is 0.0560. The van der Waals surface area contributed by atoms with Crippen LogP contribution in [0.25, 0.3) is 17.3 Å². The SMILES string of the molecule is N#C/C(=C/c1cccn1-c1cccc(C(=O)O)c1)c1cccc(C(F)(F)F)c1. The van der Waals surface area contributed by atoms with Crippen LogP contribution in [-0.2, 0) is 6.18 Å². The standard InChI is InChI=1S/C21H13F3N2O2/c22-21(23,24)17-6-1-4-14(10-17)16(13-25)12-19-8-3-9-26(19)18-7-2-5-15(11-18)20(27)28/h1-12H,(H,27,28)/b16-12-. The van der Waals surface area contributed by atoms with Gasteiger partial charge in [0.05, 0.1) is 22.8 Å². The van der Waals surface area contributed by atoms with Crippen molar-refractivity contribution in [3.05, 3.63) is 89.2 Å². The third-order valence-corrected chi connectivity index (χ3v) is 4.07. The second kappa shape index (κ2) is 7.45. The van der Waals surface area contributed by atoms with Gasteiger partial charge in [-0.15, -0.1) is 0 Å². The molecule has 0 unspecified atom stereocenters. The fourth-order valence-corrected chi connectivity index (χ4v) is 2.73. The van der Waals surface area contributed by atoms with Crippen LogP contribution in [0.3, 0.4) is 0 Å². The number of carbonyl (C=O) groups is 1. The number of carboxylic acid groups (broad SMARTS) is 1. The summed E-state index contributed by atoms with van der Waals surface area (Å²) in [6, 6.07) is 16.1. The number of allylic oxidation sites excluding steroid dienone is 1.